The van der Waals surface area contributed by atoms with Crippen molar-refractivity contribution < 1.29 is 4.79 Å². The quantitative estimate of drug-likeness (QED) is 0.654. The van der Waals surface area contributed by atoms with E-state index in [2.05, 4.69) is 20.5 Å². The maximum atomic E-state index is 11.9. The highest BCUT2D eigenvalue weighted by molar-refractivity contribution is 7.22. The molecule has 1 amide bonds. The van der Waals surface area contributed by atoms with Crippen molar-refractivity contribution in [1.29, 1.82) is 0 Å². The minimum atomic E-state index is -0.343. The largest absolute Gasteiger partial charge is 0.396 e. The molecule has 1 aromatic carbocycles. The molecule has 3 aromatic rings. The van der Waals surface area contributed by atoms with Crippen LogP contribution in [0, 0.1) is 0 Å². The number of aromatic nitrogens is 3. The number of carbonyl (C=O) groups is 1. The zero-order valence-electron chi connectivity index (χ0n) is 9.18. The standard InChI is InChI=1S/C11H9N5OS/c12-6-5-13-16-9(6)10(17)15-11-14-7-3-1-2-4-8(7)18-11/h1-5H,12H2,(H,13,16)(H,14,15,17). The smallest absolute Gasteiger partial charge is 0.277 e. The summed E-state index contributed by atoms with van der Waals surface area (Å²) in [4.78, 5) is 16.2. The van der Waals surface area contributed by atoms with Crippen LogP contribution < -0.4 is 11.1 Å². The van der Waals surface area contributed by atoms with Crippen LogP contribution in [-0.4, -0.2) is 21.1 Å². The molecule has 2 heterocycles. The number of anilines is 2. The minimum Gasteiger partial charge on any atom is -0.396 e. The van der Waals surface area contributed by atoms with E-state index in [0.717, 1.165) is 10.2 Å². The van der Waals surface area contributed by atoms with Crippen LogP contribution in [0.2, 0.25) is 0 Å². The van der Waals surface area contributed by atoms with Crippen molar-refractivity contribution in [3.8, 4) is 0 Å². The molecule has 0 atom stereocenters. The lowest BCUT2D eigenvalue weighted by Crippen LogP contribution is -2.13. The van der Waals surface area contributed by atoms with E-state index in [-0.39, 0.29) is 11.6 Å². The summed E-state index contributed by atoms with van der Waals surface area (Å²) in [5, 5.41) is 9.48. The monoisotopic (exact) mass is 259 g/mol. The van der Waals surface area contributed by atoms with Crippen LogP contribution in [0.25, 0.3) is 10.2 Å². The van der Waals surface area contributed by atoms with Crippen LogP contribution in [-0.2, 0) is 0 Å². The number of nitrogens with one attached hydrogen (secondary N) is 2. The number of amides is 1. The van der Waals surface area contributed by atoms with Gasteiger partial charge >= 0.3 is 0 Å². The van der Waals surface area contributed by atoms with Gasteiger partial charge in [-0.2, -0.15) is 5.10 Å². The summed E-state index contributed by atoms with van der Waals surface area (Å²) >= 11 is 1.41. The Balaban J connectivity index is 1.88. The number of nitrogen functional groups attached to an aromatic ring is 1. The Morgan fingerprint density at radius 3 is 2.94 bits per heavy atom. The zero-order chi connectivity index (χ0) is 12.5. The fourth-order valence-electron chi connectivity index (χ4n) is 1.56. The van der Waals surface area contributed by atoms with Crippen LogP contribution in [0.3, 0.4) is 0 Å². The number of carbonyl (C=O) groups excluding carboxylic acids is 1. The van der Waals surface area contributed by atoms with E-state index >= 15 is 0 Å². The molecular weight excluding hydrogens is 250 g/mol. The maximum absolute atomic E-state index is 11.9. The van der Waals surface area contributed by atoms with E-state index < -0.39 is 0 Å². The van der Waals surface area contributed by atoms with E-state index in [1.165, 1.54) is 17.5 Å². The molecule has 0 saturated heterocycles. The van der Waals surface area contributed by atoms with Gasteiger partial charge in [0.2, 0.25) is 0 Å². The van der Waals surface area contributed by atoms with Crippen LogP contribution in [0.15, 0.2) is 30.5 Å². The third-order valence-electron chi connectivity index (χ3n) is 2.41. The highest BCUT2D eigenvalue weighted by Gasteiger charge is 2.13. The number of benzene rings is 1. The van der Waals surface area contributed by atoms with Crippen LogP contribution >= 0.6 is 11.3 Å². The first-order valence-electron chi connectivity index (χ1n) is 5.20. The highest BCUT2D eigenvalue weighted by Crippen LogP contribution is 2.25. The first kappa shape index (κ1) is 10.7. The van der Waals surface area contributed by atoms with Gasteiger partial charge in [-0.1, -0.05) is 23.5 Å². The fourth-order valence-corrected chi connectivity index (χ4v) is 2.42. The molecule has 0 unspecified atom stereocenters. The second kappa shape index (κ2) is 4.11. The molecule has 90 valence electrons. The Bertz CT molecular complexity index is 684. The number of nitrogens with zero attached hydrogens (tertiary/aromatic N) is 2. The minimum absolute atomic E-state index is 0.245. The number of hydrogen-bond donors (Lipinski definition) is 3. The number of hydrogen-bond acceptors (Lipinski definition) is 5. The topological polar surface area (TPSA) is 96.7 Å². The van der Waals surface area contributed by atoms with E-state index in [4.69, 9.17) is 5.73 Å². The van der Waals surface area contributed by atoms with Gasteiger partial charge in [0.15, 0.2) is 5.13 Å². The van der Waals surface area contributed by atoms with Crippen molar-refractivity contribution >= 4 is 38.3 Å². The predicted octanol–water partition coefficient (Wildman–Crippen LogP) is 1.85. The Labute approximate surface area is 106 Å². The summed E-state index contributed by atoms with van der Waals surface area (Å²) in [6.45, 7) is 0. The van der Waals surface area contributed by atoms with Crippen LogP contribution in [0.4, 0.5) is 10.8 Å². The molecule has 0 aliphatic carbocycles. The summed E-state index contributed by atoms with van der Waals surface area (Å²) in [7, 11) is 0. The predicted molar refractivity (Wildman–Crippen MR) is 70.6 cm³/mol. The molecule has 2 aromatic heterocycles. The van der Waals surface area contributed by atoms with Gasteiger partial charge in [0.05, 0.1) is 22.1 Å². The van der Waals surface area contributed by atoms with Crippen molar-refractivity contribution in [2.45, 2.75) is 0 Å². The Morgan fingerprint density at radius 1 is 1.39 bits per heavy atom. The van der Waals surface area contributed by atoms with Crippen molar-refractivity contribution in [1.82, 2.24) is 15.2 Å². The second-order valence-electron chi connectivity index (χ2n) is 3.64. The number of fused-ring (bicyclic) bond motifs is 1. The SMILES string of the molecule is Nc1cn[nH]c1C(=O)Nc1nc2ccccc2s1. The second-order valence-corrected chi connectivity index (χ2v) is 4.67. The fraction of sp³-hybridized carbons (Fsp3) is 0. The summed E-state index contributed by atoms with van der Waals surface area (Å²) in [6, 6.07) is 7.68. The van der Waals surface area contributed by atoms with E-state index in [0.29, 0.717) is 10.8 Å². The van der Waals surface area contributed by atoms with Gasteiger partial charge in [0.25, 0.3) is 5.91 Å². The molecule has 18 heavy (non-hydrogen) atoms. The number of H-pyrrole nitrogens is 1. The molecule has 0 fully saturated rings. The number of nitrogens with two attached hydrogens (primary N) is 1. The van der Waals surface area contributed by atoms with Gasteiger partial charge in [-0.25, -0.2) is 4.98 Å². The van der Waals surface area contributed by atoms with E-state index in [1.807, 2.05) is 24.3 Å². The Morgan fingerprint density at radius 2 is 2.22 bits per heavy atom. The van der Waals surface area contributed by atoms with E-state index in [9.17, 15) is 4.79 Å². The first-order chi connectivity index (χ1) is 8.74. The molecule has 0 aliphatic rings. The van der Waals surface area contributed by atoms with E-state index in [1.54, 1.807) is 0 Å². The summed E-state index contributed by atoms with van der Waals surface area (Å²) in [6.07, 6.45) is 1.40. The lowest BCUT2D eigenvalue weighted by atomic mass is 10.3. The van der Waals surface area contributed by atoms with Crippen molar-refractivity contribution in [2.75, 3.05) is 11.1 Å². The average Bonchev–Trinajstić information content (AvgIpc) is 2.94. The molecule has 0 aliphatic heterocycles. The number of para-hydroxylation sites is 1. The molecular formula is C11H9N5OS. The first-order valence-corrected chi connectivity index (χ1v) is 6.01. The third kappa shape index (κ3) is 1.80. The summed E-state index contributed by atoms with van der Waals surface area (Å²) in [5.41, 5.74) is 7.01. The van der Waals surface area contributed by atoms with Crippen molar-refractivity contribution in [3.05, 3.63) is 36.2 Å². The molecule has 0 bridgehead atoms. The molecule has 7 heteroatoms. The Kier molecular flexibility index (Phi) is 2.45. The normalized spacial score (nSPS) is 10.7. The molecule has 0 spiro atoms. The maximum Gasteiger partial charge on any atom is 0.277 e. The van der Waals surface area contributed by atoms with Gasteiger partial charge < -0.3 is 5.73 Å². The molecule has 3 rings (SSSR count). The molecule has 0 saturated carbocycles. The molecule has 6 nitrogen and oxygen atoms in total. The lowest BCUT2D eigenvalue weighted by molar-refractivity contribution is 0.102. The highest BCUT2D eigenvalue weighted by atomic mass is 32.1. The van der Waals surface area contributed by atoms with Gasteiger partial charge in [-0.15, -0.1) is 0 Å². The Hall–Kier alpha value is -2.41. The van der Waals surface area contributed by atoms with Gasteiger partial charge in [0.1, 0.15) is 5.69 Å². The van der Waals surface area contributed by atoms with Crippen LogP contribution in [0.5, 0.6) is 0 Å². The number of aromatic amines is 1. The molecule has 4 N–H and O–H groups in total. The number of rotatable bonds is 2. The lowest BCUT2D eigenvalue weighted by Gasteiger charge is -1.98. The van der Waals surface area contributed by atoms with Gasteiger partial charge in [-0.3, -0.25) is 15.2 Å². The zero-order valence-corrected chi connectivity index (χ0v) is 9.99. The number of thiazole rings is 1. The summed E-state index contributed by atoms with van der Waals surface area (Å²) in [5.74, 6) is -0.343. The average molecular weight is 259 g/mol. The molecule has 0 radical (unpaired) electrons. The summed E-state index contributed by atoms with van der Waals surface area (Å²) < 4.78 is 1.02. The van der Waals surface area contributed by atoms with Crippen molar-refractivity contribution in [2.24, 2.45) is 0 Å². The van der Waals surface area contributed by atoms with Gasteiger partial charge in [-0.05, 0) is 12.1 Å². The van der Waals surface area contributed by atoms with Crippen LogP contribution in [0.1, 0.15) is 10.5 Å². The van der Waals surface area contributed by atoms with Gasteiger partial charge in [0, 0.05) is 0 Å². The van der Waals surface area contributed by atoms with Crippen molar-refractivity contribution in [3.63, 3.8) is 0 Å². The third-order valence-corrected chi connectivity index (χ3v) is 3.36.